The second kappa shape index (κ2) is 4.64. The van der Waals surface area contributed by atoms with Gasteiger partial charge in [-0.3, -0.25) is 0 Å². The summed E-state index contributed by atoms with van der Waals surface area (Å²) in [5, 5.41) is 12.4. The highest BCUT2D eigenvalue weighted by Crippen LogP contribution is 2.29. The highest BCUT2D eigenvalue weighted by molar-refractivity contribution is 5.54. The molecular weight excluding hydrogens is 182 g/mol. The summed E-state index contributed by atoms with van der Waals surface area (Å²) in [6.45, 7) is 4.06. The van der Waals surface area contributed by atoms with E-state index >= 15 is 0 Å². The Balaban J connectivity index is 2.90. The molecule has 1 atom stereocenters. The third-order valence-corrected chi connectivity index (χ3v) is 1.94. The molecule has 1 radical (unpaired) electrons. The van der Waals surface area contributed by atoms with Crippen molar-refractivity contribution in [2.45, 2.75) is 26.3 Å². The summed E-state index contributed by atoms with van der Waals surface area (Å²) in [5.74, 6) is 0.520. The predicted octanol–water partition coefficient (Wildman–Crippen LogP) is 1.20. The van der Waals surface area contributed by atoms with E-state index in [2.05, 4.69) is 28.5 Å². The highest BCUT2D eigenvalue weighted by atomic mass is 16.5. The number of aromatic hydroxyl groups is 1. The van der Waals surface area contributed by atoms with E-state index in [0.29, 0.717) is 5.82 Å². The highest BCUT2D eigenvalue weighted by Gasteiger charge is 2.12. The van der Waals surface area contributed by atoms with E-state index in [-0.39, 0.29) is 17.7 Å². The van der Waals surface area contributed by atoms with Crippen molar-refractivity contribution in [1.82, 2.24) is 9.97 Å². The average Bonchev–Trinajstić information content (AvgIpc) is 2.18. The zero-order valence-corrected chi connectivity index (χ0v) is 8.53. The smallest absolute Gasteiger partial charge is 0.260 e. The molecule has 2 N–H and O–H groups in total. The summed E-state index contributed by atoms with van der Waals surface area (Å²) >= 11 is 0. The van der Waals surface area contributed by atoms with Crippen LogP contribution in [-0.4, -0.2) is 28.2 Å². The van der Waals surface area contributed by atoms with Crippen molar-refractivity contribution in [1.29, 1.82) is 0 Å². The van der Waals surface area contributed by atoms with Crippen LogP contribution in [-0.2, 0) is 0 Å². The standard InChI is InChI=1S/C9H14N3O2/c1-4-6(2)12-8-7(14-3)9(13)11-5-10-8/h6H,4H2,1-3H3,(H2,10,11,12,13). The van der Waals surface area contributed by atoms with Crippen molar-refractivity contribution >= 4 is 5.82 Å². The Kier molecular flexibility index (Phi) is 3.50. The maximum absolute atomic E-state index is 9.33. The van der Waals surface area contributed by atoms with Crippen LogP contribution in [0.4, 0.5) is 5.82 Å². The van der Waals surface area contributed by atoms with Gasteiger partial charge in [-0.1, -0.05) is 6.92 Å². The van der Waals surface area contributed by atoms with Gasteiger partial charge in [0.05, 0.1) is 7.11 Å². The van der Waals surface area contributed by atoms with E-state index in [1.807, 2.05) is 6.92 Å². The quantitative estimate of drug-likeness (QED) is 0.757. The maximum atomic E-state index is 9.33. The van der Waals surface area contributed by atoms with Crippen LogP contribution in [0.2, 0.25) is 0 Å². The van der Waals surface area contributed by atoms with E-state index in [0.717, 1.165) is 6.42 Å². The van der Waals surface area contributed by atoms with E-state index in [4.69, 9.17) is 4.74 Å². The molecule has 0 aliphatic heterocycles. The lowest BCUT2D eigenvalue weighted by molar-refractivity contribution is 0.361. The summed E-state index contributed by atoms with van der Waals surface area (Å²) in [4.78, 5) is 7.36. The number of hydrogen-bond donors (Lipinski definition) is 2. The molecule has 5 nitrogen and oxygen atoms in total. The maximum Gasteiger partial charge on any atom is 0.260 e. The molecule has 1 aromatic rings. The fourth-order valence-electron chi connectivity index (χ4n) is 0.951. The van der Waals surface area contributed by atoms with Gasteiger partial charge in [0.25, 0.3) is 5.88 Å². The van der Waals surface area contributed by atoms with Crippen molar-refractivity contribution < 1.29 is 9.84 Å². The first-order valence-corrected chi connectivity index (χ1v) is 4.46. The number of anilines is 1. The molecule has 0 spiro atoms. The lowest BCUT2D eigenvalue weighted by Crippen LogP contribution is -2.15. The first kappa shape index (κ1) is 10.6. The number of aromatic nitrogens is 2. The van der Waals surface area contributed by atoms with Crippen LogP contribution < -0.4 is 10.1 Å². The number of nitrogens with one attached hydrogen (secondary N) is 1. The van der Waals surface area contributed by atoms with Crippen LogP contribution >= 0.6 is 0 Å². The molecule has 0 saturated carbocycles. The van der Waals surface area contributed by atoms with Crippen LogP contribution in [0.25, 0.3) is 0 Å². The van der Waals surface area contributed by atoms with Gasteiger partial charge in [-0.2, -0.15) is 4.98 Å². The normalized spacial score (nSPS) is 12.2. The minimum atomic E-state index is -0.201. The Morgan fingerprint density at radius 2 is 2.29 bits per heavy atom. The molecule has 0 fully saturated rings. The second-order valence-corrected chi connectivity index (χ2v) is 2.98. The number of nitrogens with zero attached hydrogens (tertiary/aromatic N) is 2. The SMILES string of the molecule is CCC(C)Nc1n[c]nc(O)c1OC. The summed E-state index contributed by atoms with van der Waals surface area (Å²) in [7, 11) is 1.46. The largest absolute Gasteiger partial charge is 0.490 e. The van der Waals surface area contributed by atoms with E-state index in [9.17, 15) is 5.11 Å². The van der Waals surface area contributed by atoms with Gasteiger partial charge in [0.2, 0.25) is 12.1 Å². The minimum absolute atomic E-state index is 0.201. The zero-order valence-electron chi connectivity index (χ0n) is 8.53. The number of hydrogen-bond acceptors (Lipinski definition) is 5. The monoisotopic (exact) mass is 196 g/mol. The third kappa shape index (κ3) is 2.25. The molecule has 0 bridgehead atoms. The molecule has 1 heterocycles. The summed E-state index contributed by atoms with van der Waals surface area (Å²) in [5.41, 5.74) is 0. The Hall–Kier alpha value is -1.52. The van der Waals surface area contributed by atoms with E-state index in [1.165, 1.54) is 7.11 Å². The van der Waals surface area contributed by atoms with Gasteiger partial charge in [0, 0.05) is 6.04 Å². The van der Waals surface area contributed by atoms with Crippen LogP contribution in [0.5, 0.6) is 11.6 Å². The average molecular weight is 196 g/mol. The first-order valence-electron chi connectivity index (χ1n) is 4.46. The molecule has 77 valence electrons. The van der Waals surface area contributed by atoms with Gasteiger partial charge in [-0.25, -0.2) is 4.98 Å². The van der Waals surface area contributed by atoms with Gasteiger partial charge in [0.1, 0.15) is 0 Å². The summed E-state index contributed by atoms with van der Waals surface area (Å²) in [6.07, 6.45) is 3.29. The number of rotatable bonds is 4. The summed E-state index contributed by atoms with van der Waals surface area (Å²) in [6, 6.07) is 0.256. The predicted molar refractivity (Wildman–Crippen MR) is 52.5 cm³/mol. The molecule has 5 heteroatoms. The van der Waals surface area contributed by atoms with Crippen LogP contribution in [0.3, 0.4) is 0 Å². The summed E-state index contributed by atoms with van der Waals surface area (Å²) < 4.78 is 4.96. The van der Waals surface area contributed by atoms with Crippen molar-refractivity contribution in [2.75, 3.05) is 12.4 Å². The molecule has 14 heavy (non-hydrogen) atoms. The first-order chi connectivity index (χ1) is 6.69. The van der Waals surface area contributed by atoms with Gasteiger partial charge in [-0.05, 0) is 13.3 Å². The molecule has 0 aromatic carbocycles. The Labute approximate surface area is 83.2 Å². The minimum Gasteiger partial charge on any atom is -0.490 e. The van der Waals surface area contributed by atoms with Gasteiger partial charge >= 0.3 is 0 Å². The Morgan fingerprint density at radius 3 is 2.86 bits per heavy atom. The molecule has 1 aromatic heterocycles. The fourth-order valence-corrected chi connectivity index (χ4v) is 0.951. The van der Waals surface area contributed by atoms with Crippen molar-refractivity contribution in [3.63, 3.8) is 0 Å². The molecule has 1 rings (SSSR count). The molecule has 0 amide bonds. The van der Waals surface area contributed by atoms with Crippen molar-refractivity contribution in [3.05, 3.63) is 6.33 Å². The Morgan fingerprint density at radius 1 is 1.57 bits per heavy atom. The van der Waals surface area contributed by atoms with Gasteiger partial charge in [0.15, 0.2) is 5.82 Å². The van der Waals surface area contributed by atoms with Crippen LogP contribution in [0.15, 0.2) is 0 Å². The van der Waals surface area contributed by atoms with Gasteiger partial charge in [-0.15, -0.1) is 0 Å². The topological polar surface area (TPSA) is 67.3 Å². The van der Waals surface area contributed by atoms with Crippen LogP contribution in [0, 0.1) is 6.33 Å². The molecule has 0 aliphatic carbocycles. The van der Waals surface area contributed by atoms with Crippen LogP contribution in [0.1, 0.15) is 20.3 Å². The Bertz CT molecular complexity index is 304. The molecular formula is C9H14N3O2. The van der Waals surface area contributed by atoms with Crippen molar-refractivity contribution in [3.8, 4) is 11.6 Å². The third-order valence-electron chi connectivity index (χ3n) is 1.94. The molecule has 0 aliphatic rings. The lowest BCUT2D eigenvalue weighted by Gasteiger charge is -2.14. The molecule has 0 saturated heterocycles. The second-order valence-electron chi connectivity index (χ2n) is 2.98. The van der Waals surface area contributed by atoms with Crippen molar-refractivity contribution in [2.24, 2.45) is 0 Å². The molecule has 1 unspecified atom stereocenters. The lowest BCUT2D eigenvalue weighted by atomic mass is 10.2. The number of ether oxygens (including phenoxy) is 1. The van der Waals surface area contributed by atoms with E-state index in [1.54, 1.807) is 0 Å². The fraction of sp³-hybridized carbons (Fsp3) is 0.556. The number of methoxy groups -OCH3 is 1. The van der Waals surface area contributed by atoms with E-state index < -0.39 is 0 Å². The van der Waals surface area contributed by atoms with Gasteiger partial charge < -0.3 is 15.2 Å². The zero-order chi connectivity index (χ0) is 10.6.